The maximum absolute atomic E-state index is 12.4. The van der Waals surface area contributed by atoms with Gasteiger partial charge in [-0.1, -0.05) is 13.8 Å². The summed E-state index contributed by atoms with van der Waals surface area (Å²) in [5.41, 5.74) is 12.4. The fourth-order valence-corrected chi connectivity index (χ4v) is 7.25. The molecule has 0 aliphatic heterocycles. The largest absolute Gasteiger partial charge is 0.299 e. The molecule has 128 valence electrons. The van der Waals surface area contributed by atoms with Gasteiger partial charge in [-0.05, 0) is 80.5 Å². The van der Waals surface area contributed by atoms with Crippen LogP contribution in [0.25, 0.3) is 5.53 Å². The van der Waals surface area contributed by atoms with Crippen LogP contribution in [0.2, 0.25) is 0 Å². The fraction of sp³-hybridized carbons (Fsp3) is 0.947. The lowest BCUT2D eigenvalue weighted by molar-refractivity contribution is -0.557. The molecule has 4 aliphatic rings. The minimum absolute atomic E-state index is 0.00390. The van der Waals surface area contributed by atoms with Crippen LogP contribution in [0.4, 0.5) is 0 Å². The van der Waals surface area contributed by atoms with Gasteiger partial charge >= 0.3 is 0 Å². The third-order valence-corrected chi connectivity index (χ3v) is 8.64. The van der Waals surface area contributed by atoms with Crippen molar-refractivity contribution in [2.45, 2.75) is 77.7 Å². The molecule has 0 amide bonds. The van der Waals surface area contributed by atoms with Gasteiger partial charge in [0.2, 0.25) is 0 Å². The lowest BCUT2D eigenvalue weighted by Crippen LogP contribution is -2.78. The molecule has 4 nitrogen and oxygen atoms in total. The maximum atomic E-state index is 12.4. The Bertz CT molecular complexity index is 521. The summed E-state index contributed by atoms with van der Waals surface area (Å²) in [7, 11) is 0. The molecule has 7 atom stereocenters. The van der Waals surface area contributed by atoms with Crippen LogP contribution in [0.3, 0.4) is 0 Å². The van der Waals surface area contributed by atoms with Gasteiger partial charge in [0.25, 0.3) is 0 Å². The van der Waals surface area contributed by atoms with Gasteiger partial charge in [-0.25, -0.2) is 0 Å². The first kappa shape index (κ1) is 15.6. The van der Waals surface area contributed by atoms with Crippen LogP contribution in [0.5, 0.6) is 0 Å². The number of hydrogen-bond donors (Lipinski definition) is 2. The number of hydrogen-bond acceptors (Lipinski definition) is 1. The van der Waals surface area contributed by atoms with Gasteiger partial charge in [-0.15, -0.1) is 0 Å². The number of nitrogens with one attached hydrogen (secondary N) is 2. The van der Waals surface area contributed by atoms with Gasteiger partial charge in [0.1, 0.15) is 5.78 Å². The fourth-order valence-electron chi connectivity index (χ4n) is 7.25. The lowest BCUT2D eigenvalue weighted by atomic mass is 9.45. The average Bonchev–Trinajstić information content (AvgIpc) is 2.84. The normalized spacial score (nSPS) is 52.3. The zero-order valence-corrected chi connectivity index (χ0v) is 14.6. The van der Waals surface area contributed by atoms with Crippen molar-refractivity contribution in [1.82, 2.24) is 5.43 Å². The van der Waals surface area contributed by atoms with Crippen LogP contribution in [0.1, 0.15) is 71.6 Å². The van der Waals surface area contributed by atoms with Crippen molar-refractivity contribution >= 4 is 5.78 Å². The first-order valence-electron chi connectivity index (χ1n) is 9.67. The summed E-state index contributed by atoms with van der Waals surface area (Å²) in [6.07, 6.45) is 10.6. The smallest absolute Gasteiger partial charge is 0.139 e. The second kappa shape index (κ2) is 5.29. The van der Waals surface area contributed by atoms with Gasteiger partial charge in [0.15, 0.2) is 0 Å². The predicted molar refractivity (Wildman–Crippen MR) is 88.0 cm³/mol. The Morgan fingerprint density at radius 3 is 2.70 bits per heavy atom. The van der Waals surface area contributed by atoms with Crippen LogP contribution < -0.4 is 10.6 Å². The second-order valence-electron chi connectivity index (χ2n) is 9.30. The summed E-state index contributed by atoms with van der Waals surface area (Å²) < 4.78 is 0. The Morgan fingerprint density at radius 2 is 1.91 bits per heavy atom. The van der Waals surface area contributed by atoms with Crippen molar-refractivity contribution in [2.24, 2.45) is 34.5 Å². The highest BCUT2D eigenvalue weighted by Crippen LogP contribution is 2.65. The average molecular weight is 317 g/mol. The molecule has 4 aliphatic carbocycles. The Balaban J connectivity index is 1.57. The topological polar surface area (TPSA) is 65.4 Å². The molecule has 4 rings (SSSR count). The van der Waals surface area contributed by atoms with E-state index in [1.54, 1.807) is 0 Å². The highest BCUT2D eigenvalue weighted by Gasteiger charge is 2.60. The van der Waals surface area contributed by atoms with E-state index in [0.29, 0.717) is 23.2 Å². The van der Waals surface area contributed by atoms with E-state index >= 15 is 0 Å². The van der Waals surface area contributed by atoms with Crippen LogP contribution in [-0.4, -0.2) is 11.8 Å². The number of fused-ring (bicyclic) bond motifs is 5. The molecule has 0 heterocycles. The van der Waals surface area contributed by atoms with Crippen LogP contribution in [-0.2, 0) is 4.79 Å². The quantitative estimate of drug-likeness (QED) is 0.607. The summed E-state index contributed by atoms with van der Waals surface area (Å²) in [6.45, 7) is 4.81. The molecule has 23 heavy (non-hydrogen) atoms. The van der Waals surface area contributed by atoms with E-state index in [-0.39, 0.29) is 5.41 Å². The summed E-state index contributed by atoms with van der Waals surface area (Å²) in [4.78, 5) is 12.4. The number of hydrazine groups is 1. The number of rotatable bonds is 2. The van der Waals surface area contributed by atoms with Crippen LogP contribution in [0.15, 0.2) is 0 Å². The van der Waals surface area contributed by atoms with Crippen molar-refractivity contribution in [3.63, 3.8) is 0 Å². The van der Waals surface area contributed by atoms with Crippen molar-refractivity contribution < 1.29 is 10.0 Å². The second-order valence-corrected chi connectivity index (χ2v) is 9.30. The Hall–Kier alpha value is -0.930. The highest BCUT2D eigenvalue weighted by atomic mass is 16.1. The number of ketones is 1. The standard InChI is InChI=1S/C19H31N3O/c1-18-9-7-13(21-22-20)11-12(18)3-4-14-15-5-6-17(23)19(15,2)10-8-16(14)18/h12-16,22H,3-11H2,1-2H3,(H-,20,21)/t12-,13-,14-,15+,16-,18-,19-/m0/s1. The number of carbonyl (C=O) groups excluding carboxylic acids is 1. The molecule has 0 aromatic heterocycles. The zero-order chi connectivity index (χ0) is 16.2. The Labute approximate surface area is 139 Å². The lowest BCUT2D eigenvalue weighted by Gasteiger charge is -2.60. The molecule has 4 fully saturated rings. The molecular weight excluding hydrogens is 286 g/mol. The van der Waals surface area contributed by atoms with Crippen molar-refractivity contribution in [1.29, 1.82) is 0 Å². The molecule has 0 spiro atoms. The van der Waals surface area contributed by atoms with Gasteiger partial charge < -0.3 is 0 Å². The first-order chi connectivity index (χ1) is 11.0. The van der Waals surface area contributed by atoms with E-state index in [0.717, 1.165) is 43.4 Å². The Morgan fingerprint density at radius 1 is 1.09 bits per heavy atom. The summed E-state index contributed by atoms with van der Waals surface area (Å²) >= 11 is 0. The SMILES string of the molecule is C[C@]12CC[C@H](N[NH+]=[N-])C[C@@H]1CC[C@H]1[C@H]3CCC(=O)[C@@]3(C)CC[C@@H]12. The van der Waals surface area contributed by atoms with E-state index in [2.05, 4.69) is 24.5 Å². The molecule has 0 radical (unpaired) electrons. The van der Waals surface area contributed by atoms with Crippen LogP contribution >= 0.6 is 0 Å². The first-order valence-corrected chi connectivity index (χ1v) is 9.67. The molecule has 0 saturated heterocycles. The molecule has 4 heteroatoms. The maximum Gasteiger partial charge on any atom is 0.139 e. The van der Waals surface area contributed by atoms with Crippen molar-refractivity contribution in [2.75, 3.05) is 0 Å². The van der Waals surface area contributed by atoms with E-state index in [4.69, 9.17) is 5.53 Å². The molecule has 4 saturated carbocycles. The minimum Gasteiger partial charge on any atom is -0.299 e. The molecular formula is C19H31N3O. The third kappa shape index (κ3) is 2.12. The third-order valence-electron chi connectivity index (χ3n) is 8.64. The molecule has 0 bridgehead atoms. The van der Waals surface area contributed by atoms with E-state index in [1.165, 1.54) is 32.1 Å². The van der Waals surface area contributed by atoms with Gasteiger partial charge in [-0.3, -0.25) is 10.2 Å². The molecule has 0 unspecified atom stereocenters. The number of carbonyl (C=O) groups is 1. The molecule has 0 aromatic carbocycles. The van der Waals surface area contributed by atoms with E-state index < -0.39 is 0 Å². The highest BCUT2D eigenvalue weighted by molar-refractivity contribution is 5.87. The Kier molecular flexibility index (Phi) is 3.58. The van der Waals surface area contributed by atoms with Gasteiger partial charge in [0.05, 0.1) is 0 Å². The minimum atomic E-state index is 0.00390. The number of nitrogens with zero attached hydrogens (tertiary/aromatic N) is 1. The summed E-state index contributed by atoms with van der Waals surface area (Å²) in [5.74, 6) is 3.57. The van der Waals surface area contributed by atoms with E-state index in [9.17, 15) is 4.79 Å². The van der Waals surface area contributed by atoms with Gasteiger partial charge in [0, 0.05) is 17.9 Å². The molecule has 0 aromatic rings. The monoisotopic (exact) mass is 317 g/mol. The number of Topliss-reactive ketones (excluding diaryl/α,β-unsaturated/α-hetero) is 1. The summed E-state index contributed by atoms with van der Waals surface area (Å²) in [6, 6.07) is 0.400. The van der Waals surface area contributed by atoms with Crippen molar-refractivity contribution in [3.8, 4) is 0 Å². The zero-order valence-electron chi connectivity index (χ0n) is 14.6. The van der Waals surface area contributed by atoms with E-state index in [1.807, 2.05) is 0 Å². The van der Waals surface area contributed by atoms with Crippen molar-refractivity contribution in [3.05, 3.63) is 5.53 Å². The predicted octanol–water partition coefficient (Wildman–Crippen LogP) is 2.57. The van der Waals surface area contributed by atoms with Gasteiger partial charge in [-0.2, -0.15) is 10.8 Å². The molecule has 2 N–H and O–H groups in total. The van der Waals surface area contributed by atoms with Crippen LogP contribution in [0, 0.1) is 34.5 Å². The summed E-state index contributed by atoms with van der Waals surface area (Å²) in [5, 5.41) is 2.15.